The molecule has 0 rings (SSSR count). The average Bonchev–Trinajstić information content (AvgIpc) is 1.99. The molecular formula is C8H16N2S. The molecule has 0 aromatic rings. The van der Waals surface area contributed by atoms with Crippen molar-refractivity contribution in [3.05, 3.63) is 0 Å². The van der Waals surface area contributed by atoms with Gasteiger partial charge >= 0.3 is 0 Å². The van der Waals surface area contributed by atoms with Crippen LogP contribution in [-0.4, -0.2) is 17.5 Å². The molecule has 3 heteroatoms. The van der Waals surface area contributed by atoms with E-state index >= 15 is 0 Å². The van der Waals surface area contributed by atoms with E-state index in [1.165, 1.54) is 0 Å². The molecule has 0 saturated carbocycles. The standard InChI is InChI=1S/C8H16N2S/c1-8(4-6-10)11-7-3-2-5-9/h8H,2-4,6-7,10H2,1H3. The Hall–Kier alpha value is -0.200. The fourth-order valence-corrected chi connectivity index (χ4v) is 1.77. The molecule has 0 amide bonds. The summed E-state index contributed by atoms with van der Waals surface area (Å²) in [5.41, 5.74) is 5.39. The highest BCUT2D eigenvalue weighted by Gasteiger charge is 1.99. The second-order valence-electron chi connectivity index (χ2n) is 2.52. The summed E-state index contributed by atoms with van der Waals surface area (Å²) in [6.45, 7) is 2.95. The number of nitrogens with two attached hydrogens (primary N) is 1. The maximum absolute atomic E-state index is 8.26. The van der Waals surface area contributed by atoms with Crippen LogP contribution in [0.1, 0.15) is 26.2 Å². The molecular weight excluding hydrogens is 156 g/mol. The minimum absolute atomic E-state index is 0.652. The third-order valence-corrected chi connectivity index (χ3v) is 2.74. The number of rotatable bonds is 6. The molecule has 2 nitrogen and oxygen atoms in total. The van der Waals surface area contributed by atoms with Gasteiger partial charge in [0.05, 0.1) is 6.07 Å². The van der Waals surface area contributed by atoms with Crippen molar-refractivity contribution in [2.45, 2.75) is 31.4 Å². The second kappa shape index (κ2) is 7.90. The van der Waals surface area contributed by atoms with Crippen LogP contribution in [0.4, 0.5) is 0 Å². The molecule has 0 aliphatic rings. The lowest BCUT2D eigenvalue weighted by atomic mass is 10.3. The lowest BCUT2D eigenvalue weighted by Gasteiger charge is -2.07. The summed E-state index contributed by atoms with van der Waals surface area (Å²) in [5, 5.41) is 8.91. The first-order chi connectivity index (χ1) is 5.31. The Morgan fingerprint density at radius 3 is 2.91 bits per heavy atom. The number of hydrogen-bond acceptors (Lipinski definition) is 3. The molecule has 0 saturated heterocycles. The molecule has 0 aromatic heterocycles. The summed E-state index contributed by atoms with van der Waals surface area (Å²) in [7, 11) is 0. The van der Waals surface area contributed by atoms with E-state index in [-0.39, 0.29) is 0 Å². The van der Waals surface area contributed by atoms with Gasteiger partial charge < -0.3 is 5.73 Å². The van der Waals surface area contributed by atoms with E-state index in [1.54, 1.807) is 0 Å². The first kappa shape index (κ1) is 10.8. The van der Waals surface area contributed by atoms with Crippen molar-refractivity contribution in [3.8, 4) is 6.07 Å². The van der Waals surface area contributed by atoms with Crippen molar-refractivity contribution in [2.75, 3.05) is 12.3 Å². The minimum Gasteiger partial charge on any atom is -0.330 e. The van der Waals surface area contributed by atoms with Crippen LogP contribution in [0.2, 0.25) is 0 Å². The van der Waals surface area contributed by atoms with E-state index in [9.17, 15) is 0 Å². The van der Waals surface area contributed by atoms with Gasteiger partial charge in [-0.1, -0.05) is 6.92 Å². The molecule has 0 aliphatic carbocycles. The van der Waals surface area contributed by atoms with E-state index in [1.807, 2.05) is 11.8 Å². The van der Waals surface area contributed by atoms with Crippen LogP contribution in [0, 0.1) is 11.3 Å². The highest BCUT2D eigenvalue weighted by atomic mass is 32.2. The Morgan fingerprint density at radius 2 is 2.36 bits per heavy atom. The topological polar surface area (TPSA) is 49.8 Å². The SMILES string of the molecule is CC(CCN)SCCCC#N. The van der Waals surface area contributed by atoms with Gasteiger partial charge in [0.15, 0.2) is 0 Å². The van der Waals surface area contributed by atoms with E-state index in [4.69, 9.17) is 11.0 Å². The Balaban J connectivity index is 3.05. The van der Waals surface area contributed by atoms with E-state index in [0.717, 1.165) is 25.1 Å². The monoisotopic (exact) mass is 172 g/mol. The van der Waals surface area contributed by atoms with E-state index in [2.05, 4.69) is 13.0 Å². The average molecular weight is 172 g/mol. The van der Waals surface area contributed by atoms with Crippen LogP contribution in [0.3, 0.4) is 0 Å². The first-order valence-corrected chi connectivity index (χ1v) is 5.04. The minimum atomic E-state index is 0.652. The highest BCUT2D eigenvalue weighted by molar-refractivity contribution is 7.99. The van der Waals surface area contributed by atoms with Gasteiger partial charge in [0, 0.05) is 11.7 Å². The summed E-state index contributed by atoms with van der Waals surface area (Å²) in [4.78, 5) is 0. The second-order valence-corrected chi connectivity index (χ2v) is 4.07. The van der Waals surface area contributed by atoms with Gasteiger partial charge in [-0.05, 0) is 25.1 Å². The molecule has 0 spiro atoms. The highest BCUT2D eigenvalue weighted by Crippen LogP contribution is 2.14. The third kappa shape index (κ3) is 7.70. The summed E-state index contributed by atoms with van der Waals surface area (Å²) in [6.07, 6.45) is 2.77. The molecule has 1 atom stereocenters. The van der Waals surface area contributed by atoms with Crippen LogP contribution in [0.5, 0.6) is 0 Å². The molecule has 0 heterocycles. The van der Waals surface area contributed by atoms with Crippen LogP contribution < -0.4 is 5.73 Å². The number of nitrogens with zero attached hydrogens (tertiary/aromatic N) is 1. The largest absolute Gasteiger partial charge is 0.330 e. The molecule has 64 valence electrons. The normalized spacial score (nSPS) is 12.5. The Morgan fingerprint density at radius 1 is 1.64 bits per heavy atom. The van der Waals surface area contributed by atoms with Crippen LogP contribution >= 0.6 is 11.8 Å². The quantitative estimate of drug-likeness (QED) is 0.621. The van der Waals surface area contributed by atoms with Crippen LogP contribution in [-0.2, 0) is 0 Å². The lowest BCUT2D eigenvalue weighted by Crippen LogP contribution is -2.07. The summed E-state index contributed by atoms with van der Waals surface area (Å²) in [6, 6.07) is 2.14. The number of hydrogen-bond donors (Lipinski definition) is 1. The Labute approximate surface area is 73.1 Å². The molecule has 0 aliphatic heterocycles. The van der Waals surface area contributed by atoms with Crippen molar-refractivity contribution in [3.63, 3.8) is 0 Å². The number of unbranched alkanes of at least 4 members (excludes halogenated alkanes) is 1. The van der Waals surface area contributed by atoms with Crippen molar-refractivity contribution in [1.29, 1.82) is 5.26 Å². The lowest BCUT2D eigenvalue weighted by molar-refractivity contribution is 0.820. The molecule has 0 fully saturated rings. The molecule has 0 aromatic carbocycles. The van der Waals surface area contributed by atoms with Crippen LogP contribution in [0.15, 0.2) is 0 Å². The summed E-state index contributed by atoms with van der Waals surface area (Å²) in [5.74, 6) is 1.09. The molecule has 0 radical (unpaired) electrons. The smallest absolute Gasteiger partial charge is 0.0622 e. The van der Waals surface area contributed by atoms with Crippen molar-refractivity contribution in [1.82, 2.24) is 0 Å². The Bertz CT molecular complexity index is 120. The zero-order chi connectivity index (χ0) is 8.53. The van der Waals surface area contributed by atoms with Gasteiger partial charge in [-0.15, -0.1) is 0 Å². The molecule has 0 bridgehead atoms. The maximum Gasteiger partial charge on any atom is 0.0622 e. The summed E-state index contributed by atoms with van der Waals surface area (Å²) < 4.78 is 0. The van der Waals surface area contributed by atoms with Gasteiger partial charge in [0.25, 0.3) is 0 Å². The maximum atomic E-state index is 8.26. The molecule has 2 N–H and O–H groups in total. The van der Waals surface area contributed by atoms with Gasteiger partial charge in [0.2, 0.25) is 0 Å². The van der Waals surface area contributed by atoms with Crippen molar-refractivity contribution in [2.24, 2.45) is 5.73 Å². The predicted octanol–water partition coefficient (Wildman–Crippen LogP) is 1.76. The van der Waals surface area contributed by atoms with Gasteiger partial charge in [-0.3, -0.25) is 0 Å². The molecule has 1 unspecified atom stereocenters. The van der Waals surface area contributed by atoms with Gasteiger partial charge in [-0.25, -0.2) is 0 Å². The third-order valence-electron chi connectivity index (χ3n) is 1.41. The Kier molecular flexibility index (Phi) is 7.76. The zero-order valence-corrected chi connectivity index (χ0v) is 7.86. The van der Waals surface area contributed by atoms with Crippen molar-refractivity contribution < 1.29 is 0 Å². The van der Waals surface area contributed by atoms with Crippen LogP contribution in [0.25, 0.3) is 0 Å². The van der Waals surface area contributed by atoms with Gasteiger partial charge in [0.1, 0.15) is 0 Å². The summed E-state index contributed by atoms with van der Waals surface area (Å²) >= 11 is 1.91. The first-order valence-electron chi connectivity index (χ1n) is 4.00. The fraction of sp³-hybridized carbons (Fsp3) is 0.875. The zero-order valence-electron chi connectivity index (χ0n) is 7.05. The van der Waals surface area contributed by atoms with Gasteiger partial charge in [-0.2, -0.15) is 17.0 Å². The fourth-order valence-electron chi connectivity index (χ4n) is 0.754. The number of thioether (sulfide) groups is 1. The molecule has 11 heavy (non-hydrogen) atoms. The van der Waals surface area contributed by atoms with E-state index in [0.29, 0.717) is 11.7 Å². The van der Waals surface area contributed by atoms with E-state index < -0.39 is 0 Å². The predicted molar refractivity (Wildman–Crippen MR) is 50.4 cm³/mol. The number of nitriles is 1. The van der Waals surface area contributed by atoms with Crippen molar-refractivity contribution >= 4 is 11.8 Å².